The van der Waals surface area contributed by atoms with E-state index in [4.69, 9.17) is 11.6 Å². The third-order valence-corrected chi connectivity index (χ3v) is 4.96. The van der Waals surface area contributed by atoms with Crippen LogP contribution in [0.15, 0.2) is 78.6 Å². The number of halogens is 1. The molecule has 6 heteroatoms. The number of nitrogens with zero attached hydrogens (tertiary/aromatic N) is 2. The van der Waals surface area contributed by atoms with E-state index in [0.717, 1.165) is 11.3 Å². The number of rotatable bonds is 5. The molecule has 4 rings (SSSR count). The average molecular weight is 404 g/mol. The van der Waals surface area contributed by atoms with Crippen molar-refractivity contribution in [2.75, 3.05) is 5.32 Å². The van der Waals surface area contributed by atoms with E-state index in [0.29, 0.717) is 21.9 Å². The second-order valence-electron chi connectivity index (χ2n) is 6.72. The van der Waals surface area contributed by atoms with E-state index >= 15 is 0 Å². The Labute approximate surface area is 173 Å². The summed E-state index contributed by atoms with van der Waals surface area (Å²) >= 11 is 6.05. The first kappa shape index (κ1) is 18.9. The Morgan fingerprint density at radius 1 is 0.966 bits per heavy atom. The highest BCUT2D eigenvalue weighted by atomic mass is 35.5. The molecule has 1 aromatic heterocycles. The minimum absolute atomic E-state index is 0.111. The van der Waals surface area contributed by atoms with Crippen LogP contribution in [0.3, 0.4) is 0 Å². The Morgan fingerprint density at radius 2 is 1.72 bits per heavy atom. The second kappa shape index (κ2) is 7.89. The number of benzene rings is 2. The van der Waals surface area contributed by atoms with Gasteiger partial charge < -0.3 is 5.32 Å². The van der Waals surface area contributed by atoms with Crippen LogP contribution < -0.4 is 5.32 Å². The minimum Gasteiger partial charge on any atom is -0.350 e. The van der Waals surface area contributed by atoms with E-state index in [1.165, 1.54) is 4.90 Å². The summed E-state index contributed by atoms with van der Waals surface area (Å²) in [5.41, 5.74) is 3.52. The van der Waals surface area contributed by atoms with Gasteiger partial charge in [0.1, 0.15) is 5.70 Å². The van der Waals surface area contributed by atoms with Crippen LogP contribution in [-0.2, 0) is 16.1 Å². The van der Waals surface area contributed by atoms with Gasteiger partial charge in [0.25, 0.3) is 11.8 Å². The van der Waals surface area contributed by atoms with Crippen molar-refractivity contribution in [1.29, 1.82) is 0 Å². The van der Waals surface area contributed by atoms with Crippen molar-refractivity contribution < 1.29 is 9.59 Å². The topological polar surface area (TPSA) is 62.3 Å². The van der Waals surface area contributed by atoms with Gasteiger partial charge in [0, 0.05) is 16.9 Å². The predicted molar refractivity (Wildman–Crippen MR) is 113 cm³/mol. The van der Waals surface area contributed by atoms with Crippen LogP contribution >= 0.6 is 11.6 Å². The maximum Gasteiger partial charge on any atom is 0.278 e. The lowest BCUT2D eigenvalue weighted by Crippen LogP contribution is -2.32. The van der Waals surface area contributed by atoms with Crippen LogP contribution in [0.4, 0.5) is 5.69 Å². The first-order valence-corrected chi connectivity index (χ1v) is 9.51. The Balaban J connectivity index is 1.75. The van der Waals surface area contributed by atoms with E-state index in [2.05, 4.69) is 10.3 Å². The molecule has 0 saturated carbocycles. The van der Waals surface area contributed by atoms with Crippen molar-refractivity contribution in [3.05, 3.63) is 100 Å². The summed E-state index contributed by atoms with van der Waals surface area (Å²) in [5.74, 6) is -0.727. The van der Waals surface area contributed by atoms with Gasteiger partial charge in [-0.15, -0.1) is 0 Å². The minimum atomic E-state index is -0.381. The third kappa shape index (κ3) is 3.77. The number of pyridine rings is 1. The number of aromatic nitrogens is 1. The van der Waals surface area contributed by atoms with Crippen LogP contribution in [0.5, 0.6) is 0 Å². The van der Waals surface area contributed by atoms with Crippen molar-refractivity contribution >= 4 is 34.7 Å². The fourth-order valence-electron chi connectivity index (χ4n) is 3.26. The normalized spacial score (nSPS) is 13.9. The molecular weight excluding hydrogens is 386 g/mol. The summed E-state index contributed by atoms with van der Waals surface area (Å²) in [4.78, 5) is 31.9. The molecule has 5 nitrogen and oxygen atoms in total. The average Bonchev–Trinajstić information content (AvgIpc) is 2.96. The molecule has 3 aromatic rings. The number of anilines is 1. The van der Waals surface area contributed by atoms with Gasteiger partial charge in [-0.1, -0.05) is 48.0 Å². The van der Waals surface area contributed by atoms with Crippen LogP contribution in [0.2, 0.25) is 5.02 Å². The van der Waals surface area contributed by atoms with Gasteiger partial charge >= 0.3 is 0 Å². The maximum atomic E-state index is 13.2. The highest BCUT2D eigenvalue weighted by molar-refractivity contribution is 6.36. The predicted octanol–water partition coefficient (Wildman–Crippen LogP) is 4.44. The molecule has 1 N–H and O–H groups in total. The Kier molecular flexibility index (Phi) is 5.14. The SMILES string of the molecule is Cc1cc(Cl)ccc1NC1=C(c2ccccc2)C(=O)N(Cc2ccccn2)C1=O. The molecule has 0 spiro atoms. The van der Waals surface area contributed by atoms with Crippen molar-refractivity contribution in [2.24, 2.45) is 0 Å². The third-order valence-electron chi connectivity index (χ3n) is 4.72. The first-order chi connectivity index (χ1) is 14.0. The Bertz CT molecular complexity index is 1110. The van der Waals surface area contributed by atoms with Gasteiger partial charge in [0.15, 0.2) is 0 Å². The van der Waals surface area contributed by atoms with E-state index in [-0.39, 0.29) is 24.1 Å². The van der Waals surface area contributed by atoms with Gasteiger partial charge in [-0.2, -0.15) is 0 Å². The number of aryl methyl sites for hydroxylation is 1. The number of carbonyl (C=O) groups excluding carboxylic acids is 2. The van der Waals surface area contributed by atoms with Crippen LogP contribution in [-0.4, -0.2) is 21.7 Å². The number of nitrogens with one attached hydrogen (secondary N) is 1. The summed E-state index contributed by atoms with van der Waals surface area (Å²) in [6.45, 7) is 2.00. The highest BCUT2D eigenvalue weighted by Crippen LogP contribution is 2.32. The number of hydrogen-bond donors (Lipinski definition) is 1. The molecule has 1 aliphatic heterocycles. The molecule has 29 heavy (non-hydrogen) atoms. The van der Waals surface area contributed by atoms with Gasteiger partial charge in [0.2, 0.25) is 0 Å². The molecule has 0 fully saturated rings. The van der Waals surface area contributed by atoms with Crippen molar-refractivity contribution in [1.82, 2.24) is 9.88 Å². The van der Waals surface area contributed by atoms with Gasteiger partial charge in [-0.05, 0) is 48.4 Å². The van der Waals surface area contributed by atoms with Crippen LogP contribution in [0, 0.1) is 6.92 Å². The molecule has 144 valence electrons. The molecule has 2 amide bonds. The first-order valence-electron chi connectivity index (χ1n) is 9.13. The highest BCUT2D eigenvalue weighted by Gasteiger charge is 2.39. The summed E-state index contributed by atoms with van der Waals surface area (Å²) in [6, 6.07) is 19.9. The molecule has 0 atom stereocenters. The van der Waals surface area contributed by atoms with Crippen molar-refractivity contribution in [3.63, 3.8) is 0 Å². The van der Waals surface area contributed by atoms with Gasteiger partial charge in [-0.25, -0.2) is 0 Å². The van der Waals surface area contributed by atoms with Crippen LogP contribution in [0.25, 0.3) is 5.57 Å². The lowest BCUT2D eigenvalue weighted by molar-refractivity contribution is -0.137. The monoisotopic (exact) mass is 403 g/mol. The summed E-state index contributed by atoms with van der Waals surface area (Å²) in [7, 11) is 0. The molecule has 2 heterocycles. The van der Waals surface area contributed by atoms with E-state index in [1.807, 2.05) is 43.3 Å². The summed E-state index contributed by atoms with van der Waals surface area (Å²) in [6.07, 6.45) is 1.64. The molecule has 0 unspecified atom stereocenters. The zero-order valence-electron chi connectivity index (χ0n) is 15.7. The van der Waals surface area contributed by atoms with Crippen molar-refractivity contribution in [3.8, 4) is 0 Å². The lowest BCUT2D eigenvalue weighted by atomic mass is 10.0. The molecule has 2 aromatic carbocycles. The lowest BCUT2D eigenvalue weighted by Gasteiger charge is -2.15. The van der Waals surface area contributed by atoms with Gasteiger partial charge in [-0.3, -0.25) is 19.5 Å². The summed E-state index contributed by atoms with van der Waals surface area (Å²) in [5, 5.41) is 3.78. The number of carbonyl (C=O) groups is 2. The van der Waals surface area contributed by atoms with E-state index in [9.17, 15) is 9.59 Å². The second-order valence-corrected chi connectivity index (χ2v) is 7.15. The number of amides is 2. The van der Waals surface area contributed by atoms with Crippen LogP contribution in [0.1, 0.15) is 16.8 Å². The largest absolute Gasteiger partial charge is 0.350 e. The quantitative estimate of drug-likeness (QED) is 0.640. The fraction of sp³-hybridized carbons (Fsp3) is 0.0870. The number of imide groups is 1. The molecule has 0 bridgehead atoms. The smallest absolute Gasteiger partial charge is 0.278 e. The zero-order valence-corrected chi connectivity index (χ0v) is 16.5. The molecule has 0 radical (unpaired) electrons. The molecule has 0 aliphatic carbocycles. The van der Waals surface area contributed by atoms with E-state index < -0.39 is 0 Å². The Morgan fingerprint density at radius 3 is 2.41 bits per heavy atom. The standard InChI is InChI=1S/C23H18ClN3O2/c1-15-13-17(24)10-11-19(15)26-21-20(16-7-3-2-4-8-16)22(28)27(23(21)29)14-18-9-5-6-12-25-18/h2-13,26H,14H2,1H3. The molecular formula is C23H18ClN3O2. The van der Waals surface area contributed by atoms with Gasteiger partial charge in [0.05, 0.1) is 17.8 Å². The molecule has 0 saturated heterocycles. The Hall–Kier alpha value is -3.44. The maximum absolute atomic E-state index is 13.2. The summed E-state index contributed by atoms with van der Waals surface area (Å²) < 4.78 is 0. The van der Waals surface area contributed by atoms with Crippen molar-refractivity contribution in [2.45, 2.75) is 13.5 Å². The number of hydrogen-bond acceptors (Lipinski definition) is 4. The van der Waals surface area contributed by atoms with E-state index in [1.54, 1.807) is 36.5 Å². The molecule has 1 aliphatic rings. The zero-order chi connectivity index (χ0) is 20.4. The fourth-order valence-corrected chi connectivity index (χ4v) is 3.49.